The molecule has 26 heavy (non-hydrogen) atoms. The van der Waals surface area contributed by atoms with Crippen LogP contribution in [-0.2, 0) is 11.2 Å². The first kappa shape index (κ1) is 18.5. The summed E-state index contributed by atoms with van der Waals surface area (Å²) < 4.78 is 45.4. The number of carbonyl (C=O) groups excluding carboxylic acids is 1. The molecule has 0 aromatic heterocycles. The van der Waals surface area contributed by atoms with Crippen LogP contribution in [0.1, 0.15) is 11.1 Å². The number of hydrogen-bond acceptors (Lipinski definition) is 3. The van der Waals surface area contributed by atoms with Crippen molar-refractivity contribution in [2.45, 2.75) is 25.8 Å². The summed E-state index contributed by atoms with van der Waals surface area (Å²) in [5.41, 5.74) is 7.21. The van der Waals surface area contributed by atoms with Crippen LogP contribution in [0.2, 0.25) is 5.02 Å². The standard InChI is InChI=1S/C18H16ClF3N2O2/c1-9-2-3-10-6-13(23)18(25)24(8-15(21)22)16(10)17(9)26-14-7-11(20)4-5-12(14)19/h2-5,7,13,15H,6,8,23H2,1H3/t13-/m1/s1. The Morgan fingerprint density at radius 3 is 2.77 bits per heavy atom. The molecule has 1 aliphatic rings. The Hall–Kier alpha value is -2.25. The molecule has 4 nitrogen and oxygen atoms in total. The Morgan fingerprint density at radius 1 is 1.35 bits per heavy atom. The number of amides is 1. The van der Waals surface area contributed by atoms with Gasteiger partial charge in [0.25, 0.3) is 6.43 Å². The molecule has 0 fully saturated rings. The van der Waals surface area contributed by atoms with Gasteiger partial charge >= 0.3 is 0 Å². The first-order valence-corrected chi connectivity index (χ1v) is 8.26. The van der Waals surface area contributed by atoms with Crippen molar-refractivity contribution >= 4 is 23.2 Å². The largest absolute Gasteiger partial charge is 0.453 e. The molecule has 0 bridgehead atoms. The van der Waals surface area contributed by atoms with Crippen LogP contribution in [0.5, 0.6) is 11.5 Å². The number of nitrogens with two attached hydrogens (primary N) is 1. The second-order valence-corrected chi connectivity index (χ2v) is 6.45. The zero-order chi connectivity index (χ0) is 19.0. The fourth-order valence-electron chi connectivity index (χ4n) is 2.92. The number of ether oxygens (including phenoxy) is 1. The fourth-order valence-corrected chi connectivity index (χ4v) is 3.08. The van der Waals surface area contributed by atoms with Crippen molar-refractivity contribution in [1.29, 1.82) is 0 Å². The Balaban J connectivity index is 2.13. The van der Waals surface area contributed by atoms with E-state index in [-0.39, 0.29) is 28.6 Å². The summed E-state index contributed by atoms with van der Waals surface area (Å²) >= 11 is 6.04. The van der Waals surface area contributed by atoms with E-state index in [4.69, 9.17) is 22.1 Å². The van der Waals surface area contributed by atoms with E-state index in [9.17, 15) is 18.0 Å². The predicted octanol–water partition coefficient (Wildman–Crippen LogP) is 4.06. The van der Waals surface area contributed by atoms with Crippen molar-refractivity contribution in [3.05, 3.63) is 52.3 Å². The quantitative estimate of drug-likeness (QED) is 0.864. The highest BCUT2D eigenvalue weighted by molar-refractivity contribution is 6.32. The minimum absolute atomic E-state index is 0.0301. The number of hydrogen-bond donors (Lipinski definition) is 1. The lowest BCUT2D eigenvalue weighted by Gasteiger charge is -2.34. The molecule has 1 aliphatic heterocycles. The molecule has 3 rings (SSSR count). The second kappa shape index (κ2) is 7.17. The van der Waals surface area contributed by atoms with Gasteiger partial charge in [0.1, 0.15) is 11.6 Å². The van der Waals surface area contributed by atoms with Gasteiger partial charge < -0.3 is 15.4 Å². The Morgan fingerprint density at radius 2 is 2.08 bits per heavy atom. The molecule has 2 aromatic rings. The number of benzene rings is 2. The van der Waals surface area contributed by atoms with Crippen LogP contribution in [0.4, 0.5) is 18.9 Å². The van der Waals surface area contributed by atoms with Crippen LogP contribution < -0.4 is 15.4 Å². The second-order valence-electron chi connectivity index (χ2n) is 6.05. The Bertz CT molecular complexity index is 861. The van der Waals surface area contributed by atoms with E-state index in [1.165, 1.54) is 12.1 Å². The third-order valence-corrected chi connectivity index (χ3v) is 4.44. The van der Waals surface area contributed by atoms with Crippen LogP contribution in [0.3, 0.4) is 0 Å². The molecule has 8 heteroatoms. The summed E-state index contributed by atoms with van der Waals surface area (Å²) in [6, 6.07) is 6.13. The molecule has 1 atom stereocenters. The van der Waals surface area contributed by atoms with Crippen molar-refractivity contribution in [1.82, 2.24) is 0 Å². The molecule has 2 N–H and O–H groups in total. The minimum Gasteiger partial charge on any atom is -0.453 e. The van der Waals surface area contributed by atoms with Crippen LogP contribution in [0.25, 0.3) is 0 Å². The number of halogens is 4. The van der Waals surface area contributed by atoms with Crippen LogP contribution in [-0.4, -0.2) is 24.9 Å². The molecule has 0 unspecified atom stereocenters. The van der Waals surface area contributed by atoms with E-state index in [1.807, 2.05) is 0 Å². The summed E-state index contributed by atoms with van der Waals surface area (Å²) in [6.07, 6.45) is -2.55. The zero-order valence-corrected chi connectivity index (χ0v) is 14.6. The topological polar surface area (TPSA) is 55.6 Å². The van der Waals surface area contributed by atoms with E-state index in [0.29, 0.717) is 11.1 Å². The lowest BCUT2D eigenvalue weighted by Crippen LogP contribution is -2.50. The molecule has 1 amide bonds. The summed E-state index contributed by atoms with van der Waals surface area (Å²) in [5.74, 6) is -0.966. The van der Waals surface area contributed by atoms with Gasteiger partial charge in [0.05, 0.1) is 23.3 Å². The number of aryl methyl sites for hydroxylation is 1. The molecule has 2 aromatic carbocycles. The molecule has 138 valence electrons. The van der Waals surface area contributed by atoms with E-state index in [0.717, 1.165) is 11.0 Å². The van der Waals surface area contributed by atoms with Gasteiger partial charge in [-0.25, -0.2) is 13.2 Å². The van der Waals surface area contributed by atoms with E-state index in [2.05, 4.69) is 0 Å². The van der Waals surface area contributed by atoms with Crippen molar-refractivity contribution in [3.8, 4) is 11.5 Å². The highest BCUT2D eigenvalue weighted by atomic mass is 35.5. The van der Waals surface area contributed by atoms with Gasteiger partial charge in [0.2, 0.25) is 5.91 Å². The number of rotatable bonds is 4. The monoisotopic (exact) mass is 384 g/mol. The lowest BCUT2D eigenvalue weighted by atomic mass is 9.95. The Kier molecular flexibility index (Phi) is 5.11. The first-order chi connectivity index (χ1) is 12.3. The average Bonchev–Trinajstić information content (AvgIpc) is 2.57. The maximum atomic E-state index is 13.5. The van der Waals surface area contributed by atoms with Gasteiger partial charge in [-0.15, -0.1) is 0 Å². The summed E-state index contributed by atoms with van der Waals surface area (Å²) in [7, 11) is 0. The van der Waals surface area contributed by atoms with Crippen molar-refractivity contribution in [3.63, 3.8) is 0 Å². The highest BCUT2D eigenvalue weighted by Gasteiger charge is 2.35. The van der Waals surface area contributed by atoms with Gasteiger partial charge in [-0.05, 0) is 36.6 Å². The van der Waals surface area contributed by atoms with Crippen molar-refractivity contribution < 1.29 is 22.7 Å². The average molecular weight is 385 g/mol. The maximum absolute atomic E-state index is 13.5. The van der Waals surface area contributed by atoms with Gasteiger partial charge in [-0.2, -0.15) is 0 Å². The van der Waals surface area contributed by atoms with Gasteiger partial charge in [-0.3, -0.25) is 4.79 Å². The first-order valence-electron chi connectivity index (χ1n) is 7.88. The Labute approximate surface area is 153 Å². The number of anilines is 1. The normalized spacial score (nSPS) is 16.8. The summed E-state index contributed by atoms with van der Waals surface area (Å²) in [5, 5.41) is 0.155. The summed E-state index contributed by atoms with van der Waals surface area (Å²) in [4.78, 5) is 13.3. The van der Waals surface area contributed by atoms with Crippen LogP contribution >= 0.6 is 11.6 Å². The third-order valence-electron chi connectivity index (χ3n) is 4.13. The molecular formula is C18H16ClF3N2O2. The smallest absolute Gasteiger partial charge is 0.256 e. The van der Waals surface area contributed by atoms with Gasteiger partial charge in [-0.1, -0.05) is 23.7 Å². The molecule has 1 heterocycles. The number of fused-ring (bicyclic) bond motifs is 1. The van der Waals surface area contributed by atoms with E-state index < -0.39 is 30.7 Å². The lowest BCUT2D eigenvalue weighted by molar-refractivity contribution is -0.120. The third kappa shape index (κ3) is 3.50. The molecule has 0 spiro atoms. The SMILES string of the molecule is Cc1ccc2c(c1Oc1cc(F)ccc1Cl)N(CC(F)F)C(=O)[C@H](N)C2. The van der Waals surface area contributed by atoms with Gasteiger partial charge in [0, 0.05) is 6.07 Å². The maximum Gasteiger partial charge on any atom is 0.256 e. The molecule has 0 saturated heterocycles. The summed E-state index contributed by atoms with van der Waals surface area (Å²) in [6.45, 7) is 0.888. The predicted molar refractivity (Wildman–Crippen MR) is 92.7 cm³/mol. The van der Waals surface area contributed by atoms with Crippen LogP contribution in [0.15, 0.2) is 30.3 Å². The van der Waals surface area contributed by atoms with Crippen molar-refractivity contribution in [2.75, 3.05) is 11.4 Å². The molecule has 0 aliphatic carbocycles. The van der Waals surface area contributed by atoms with Crippen molar-refractivity contribution in [2.24, 2.45) is 5.73 Å². The molecular weight excluding hydrogens is 369 g/mol. The molecule has 0 radical (unpaired) electrons. The molecule has 0 saturated carbocycles. The minimum atomic E-state index is -2.75. The van der Waals surface area contributed by atoms with E-state index >= 15 is 0 Å². The highest BCUT2D eigenvalue weighted by Crippen LogP contribution is 2.43. The number of nitrogens with zero attached hydrogens (tertiary/aromatic N) is 1. The zero-order valence-electron chi connectivity index (χ0n) is 13.8. The van der Waals surface area contributed by atoms with Crippen LogP contribution in [0, 0.1) is 12.7 Å². The van der Waals surface area contributed by atoms with Gasteiger partial charge in [0.15, 0.2) is 5.75 Å². The van der Waals surface area contributed by atoms with E-state index in [1.54, 1.807) is 19.1 Å². The number of alkyl halides is 2. The number of carbonyl (C=O) groups is 1. The fraction of sp³-hybridized carbons (Fsp3) is 0.278.